The Labute approximate surface area is 112 Å². The Morgan fingerprint density at radius 3 is 2.53 bits per heavy atom. The molecule has 1 heterocycles. The van der Waals surface area contributed by atoms with Crippen LogP contribution in [-0.2, 0) is 6.61 Å². The predicted octanol–water partition coefficient (Wildman–Crippen LogP) is 2.34. The van der Waals surface area contributed by atoms with E-state index in [9.17, 15) is 0 Å². The molecule has 0 saturated heterocycles. The van der Waals surface area contributed by atoms with Crippen LogP contribution in [0.2, 0.25) is 0 Å². The Balaban J connectivity index is 2.03. The SMILES string of the molecule is CCOc1cccc(OCc2nc(C)cc(N)n2)c1. The number of nitrogens with zero attached hydrogens (tertiary/aromatic N) is 2. The zero-order valence-corrected chi connectivity index (χ0v) is 11.1. The summed E-state index contributed by atoms with van der Waals surface area (Å²) < 4.78 is 11.0. The van der Waals surface area contributed by atoms with Crippen molar-refractivity contribution in [3.63, 3.8) is 0 Å². The van der Waals surface area contributed by atoms with E-state index >= 15 is 0 Å². The van der Waals surface area contributed by atoms with Gasteiger partial charge in [0.15, 0.2) is 5.82 Å². The van der Waals surface area contributed by atoms with E-state index in [1.54, 1.807) is 6.07 Å². The van der Waals surface area contributed by atoms with Crippen molar-refractivity contribution >= 4 is 5.82 Å². The van der Waals surface area contributed by atoms with Gasteiger partial charge in [0.2, 0.25) is 0 Å². The number of nitrogens with two attached hydrogens (primary N) is 1. The van der Waals surface area contributed by atoms with Crippen LogP contribution in [0.3, 0.4) is 0 Å². The van der Waals surface area contributed by atoms with Gasteiger partial charge in [-0.05, 0) is 26.0 Å². The Hall–Kier alpha value is -2.30. The summed E-state index contributed by atoms with van der Waals surface area (Å²) in [6.45, 7) is 4.72. The number of hydrogen-bond acceptors (Lipinski definition) is 5. The summed E-state index contributed by atoms with van der Waals surface area (Å²) in [5.74, 6) is 2.52. The number of rotatable bonds is 5. The zero-order chi connectivity index (χ0) is 13.7. The summed E-state index contributed by atoms with van der Waals surface area (Å²) in [6, 6.07) is 9.19. The van der Waals surface area contributed by atoms with Crippen LogP contribution >= 0.6 is 0 Å². The maximum atomic E-state index is 5.67. The highest BCUT2D eigenvalue weighted by atomic mass is 16.5. The van der Waals surface area contributed by atoms with Crippen LogP contribution in [0.25, 0.3) is 0 Å². The van der Waals surface area contributed by atoms with Crippen molar-refractivity contribution in [3.8, 4) is 11.5 Å². The van der Waals surface area contributed by atoms with Crippen LogP contribution in [-0.4, -0.2) is 16.6 Å². The number of nitrogen functional groups attached to an aromatic ring is 1. The number of anilines is 1. The molecule has 0 amide bonds. The van der Waals surface area contributed by atoms with Crippen molar-refractivity contribution in [2.75, 3.05) is 12.3 Å². The van der Waals surface area contributed by atoms with Gasteiger partial charge < -0.3 is 15.2 Å². The molecule has 0 bridgehead atoms. The van der Waals surface area contributed by atoms with E-state index in [4.69, 9.17) is 15.2 Å². The Kier molecular flexibility index (Phi) is 4.18. The van der Waals surface area contributed by atoms with Gasteiger partial charge in [-0.1, -0.05) is 6.07 Å². The minimum Gasteiger partial charge on any atom is -0.494 e. The number of hydrogen-bond donors (Lipinski definition) is 1. The molecule has 0 spiro atoms. The third-order valence-corrected chi connectivity index (χ3v) is 2.40. The lowest BCUT2D eigenvalue weighted by atomic mass is 10.3. The fraction of sp³-hybridized carbons (Fsp3) is 0.286. The van der Waals surface area contributed by atoms with Crippen molar-refractivity contribution in [1.29, 1.82) is 0 Å². The average Bonchev–Trinajstić information content (AvgIpc) is 2.36. The van der Waals surface area contributed by atoms with E-state index in [0.717, 1.165) is 17.2 Å². The second kappa shape index (κ2) is 6.04. The molecular formula is C14H17N3O2. The number of aryl methyl sites for hydroxylation is 1. The van der Waals surface area contributed by atoms with Gasteiger partial charge in [0, 0.05) is 17.8 Å². The lowest BCUT2D eigenvalue weighted by Crippen LogP contribution is -2.05. The van der Waals surface area contributed by atoms with Gasteiger partial charge in [-0.15, -0.1) is 0 Å². The third-order valence-electron chi connectivity index (χ3n) is 2.40. The monoisotopic (exact) mass is 259 g/mol. The molecule has 0 unspecified atom stereocenters. The molecule has 0 atom stereocenters. The fourth-order valence-electron chi connectivity index (χ4n) is 1.69. The molecule has 2 aromatic rings. The van der Waals surface area contributed by atoms with Gasteiger partial charge in [-0.25, -0.2) is 9.97 Å². The minimum atomic E-state index is 0.279. The number of ether oxygens (including phenoxy) is 2. The van der Waals surface area contributed by atoms with E-state index < -0.39 is 0 Å². The second-order valence-corrected chi connectivity index (χ2v) is 4.05. The van der Waals surface area contributed by atoms with Crippen LogP contribution in [0, 0.1) is 6.92 Å². The van der Waals surface area contributed by atoms with Crippen LogP contribution in [0.15, 0.2) is 30.3 Å². The summed E-state index contributed by atoms with van der Waals surface area (Å²) in [5.41, 5.74) is 6.49. The molecular weight excluding hydrogens is 242 g/mol. The van der Waals surface area contributed by atoms with Crippen LogP contribution < -0.4 is 15.2 Å². The predicted molar refractivity (Wildman–Crippen MR) is 73.1 cm³/mol. The molecule has 0 aliphatic rings. The molecule has 2 rings (SSSR count). The maximum Gasteiger partial charge on any atom is 0.168 e. The molecule has 0 aliphatic carbocycles. The molecule has 5 heteroatoms. The third kappa shape index (κ3) is 3.84. The van der Waals surface area contributed by atoms with Crippen LogP contribution in [0.1, 0.15) is 18.4 Å². The highest BCUT2D eigenvalue weighted by Crippen LogP contribution is 2.20. The molecule has 0 fully saturated rings. The van der Waals surface area contributed by atoms with Crippen molar-refractivity contribution in [2.24, 2.45) is 0 Å². The fourth-order valence-corrected chi connectivity index (χ4v) is 1.69. The first-order valence-corrected chi connectivity index (χ1v) is 6.13. The topological polar surface area (TPSA) is 70.3 Å². The molecule has 0 saturated carbocycles. The van der Waals surface area contributed by atoms with E-state index in [2.05, 4.69) is 9.97 Å². The summed E-state index contributed by atoms with van der Waals surface area (Å²) in [5, 5.41) is 0. The minimum absolute atomic E-state index is 0.279. The number of aromatic nitrogens is 2. The van der Waals surface area contributed by atoms with E-state index in [-0.39, 0.29) is 6.61 Å². The van der Waals surface area contributed by atoms with Gasteiger partial charge in [0.1, 0.15) is 23.9 Å². The molecule has 19 heavy (non-hydrogen) atoms. The van der Waals surface area contributed by atoms with E-state index in [1.807, 2.05) is 38.1 Å². The standard InChI is InChI=1S/C14H17N3O2/c1-3-18-11-5-4-6-12(8-11)19-9-14-16-10(2)7-13(15)17-14/h4-8H,3,9H2,1-2H3,(H2,15,16,17). The molecule has 1 aromatic heterocycles. The quantitative estimate of drug-likeness (QED) is 0.892. The Morgan fingerprint density at radius 1 is 1.11 bits per heavy atom. The lowest BCUT2D eigenvalue weighted by molar-refractivity contribution is 0.290. The zero-order valence-electron chi connectivity index (χ0n) is 11.1. The molecule has 100 valence electrons. The highest BCUT2D eigenvalue weighted by molar-refractivity contribution is 5.33. The molecule has 5 nitrogen and oxygen atoms in total. The van der Waals surface area contributed by atoms with Crippen LogP contribution in [0.5, 0.6) is 11.5 Å². The summed E-state index contributed by atoms with van der Waals surface area (Å²) >= 11 is 0. The van der Waals surface area contributed by atoms with Gasteiger partial charge in [0.25, 0.3) is 0 Å². The van der Waals surface area contributed by atoms with Crippen molar-refractivity contribution in [3.05, 3.63) is 41.9 Å². The highest BCUT2D eigenvalue weighted by Gasteiger charge is 2.02. The summed E-state index contributed by atoms with van der Waals surface area (Å²) in [6.07, 6.45) is 0. The average molecular weight is 259 g/mol. The second-order valence-electron chi connectivity index (χ2n) is 4.05. The largest absolute Gasteiger partial charge is 0.494 e. The lowest BCUT2D eigenvalue weighted by Gasteiger charge is -2.08. The van der Waals surface area contributed by atoms with E-state index in [1.165, 1.54) is 0 Å². The number of benzene rings is 1. The van der Waals surface area contributed by atoms with Crippen molar-refractivity contribution in [2.45, 2.75) is 20.5 Å². The summed E-state index contributed by atoms with van der Waals surface area (Å²) in [4.78, 5) is 8.38. The first-order valence-electron chi connectivity index (χ1n) is 6.13. The van der Waals surface area contributed by atoms with Gasteiger partial charge in [0.05, 0.1) is 6.61 Å². The maximum absolute atomic E-state index is 5.67. The molecule has 2 N–H and O–H groups in total. The van der Waals surface area contributed by atoms with Gasteiger partial charge in [-0.3, -0.25) is 0 Å². The molecule has 0 radical (unpaired) electrons. The summed E-state index contributed by atoms with van der Waals surface area (Å²) in [7, 11) is 0. The van der Waals surface area contributed by atoms with Gasteiger partial charge in [-0.2, -0.15) is 0 Å². The van der Waals surface area contributed by atoms with E-state index in [0.29, 0.717) is 18.2 Å². The molecule has 1 aromatic carbocycles. The molecule has 0 aliphatic heterocycles. The van der Waals surface area contributed by atoms with Crippen molar-refractivity contribution in [1.82, 2.24) is 9.97 Å². The first kappa shape index (κ1) is 13.1. The normalized spacial score (nSPS) is 10.2. The van der Waals surface area contributed by atoms with Crippen LogP contribution in [0.4, 0.5) is 5.82 Å². The smallest absolute Gasteiger partial charge is 0.168 e. The van der Waals surface area contributed by atoms with Gasteiger partial charge >= 0.3 is 0 Å². The van der Waals surface area contributed by atoms with Crippen molar-refractivity contribution < 1.29 is 9.47 Å². The Morgan fingerprint density at radius 2 is 1.84 bits per heavy atom. The Bertz CT molecular complexity index is 538. The first-order chi connectivity index (χ1) is 9.17.